The number of aryl methyl sites for hydroxylation is 1. The van der Waals surface area contributed by atoms with Gasteiger partial charge >= 0.3 is 0 Å². The number of amides is 1. The molecule has 0 aliphatic carbocycles. The summed E-state index contributed by atoms with van der Waals surface area (Å²) in [6, 6.07) is 21.4. The van der Waals surface area contributed by atoms with Gasteiger partial charge in [-0.25, -0.2) is 9.66 Å². The van der Waals surface area contributed by atoms with Gasteiger partial charge in [0, 0.05) is 17.1 Å². The van der Waals surface area contributed by atoms with Gasteiger partial charge in [-0.3, -0.25) is 15.0 Å². The second-order valence-corrected chi connectivity index (χ2v) is 9.12. The number of halogens is 1. The molecular weight excluding hydrogens is 474 g/mol. The van der Waals surface area contributed by atoms with Gasteiger partial charge in [0.15, 0.2) is 5.82 Å². The first-order chi connectivity index (χ1) is 17.4. The van der Waals surface area contributed by atoms with Crippen molar-refractivity contribution in [3.63, 3.8) is 0 Å². The van der Waals surface area contributed by atoms with E-state index in [0.717, 1.165) is 11.3 Å². The summed E-state index contributed by atoms with van der Waals surface area (Å²) in [7, 11) is 0. The van der Waals surface area contributed by atoms with Crippen molar-refractivity contribution in [3.8, 4) is 0 Å². The van der Waals surface area contributed by atoms with Crippen molar-refractivity contribution in [2.45, 2.75) is 32.7 Å². The Morgan fingerprint density at radius 1 is 1.11 bits per heavy atom. The van der Waals surface area contributed by atoms with Crippen LogP contribution in [0.1, 0.15) is 47.6 Å². The predicted octanol–water partition coefficient (Wildman–Crippen LogP) is 5.18. The standard InChI is InChI=1S/C28H30ClN5O2/c1-3-25(33(17-7-16-30)27(35)20-12-10-19(2)11-13-20)26-31-24-18-21(29)14-15-23(24)28(36)34(26)32-22-8-5-4-6-9-22/h4-6,8-15,18,25,32H,3,7,16-17,30H2,1-2H3. The molecule has 0 spiro atoms. The van der Waals surface area contributed by atoms with Crippen LogP contribution in [0.25, 0.3) is 10.9 Å². The maximum atomic E-state index is 13.7. The monoisotopic (exact) mass is 503 g/mol. The number of fused-ring (bicyclic) bond motifs is 1. The van der Waals surface area contributed by atoms with Crippen LogP contribution in [0.2, 0.25) is 5.02 Å². The highest BCUT2D eigenvalue weighted by molar-refractivity contribution is 6.31. The third-order valence-corrected chi connectivity index (χ3v) is 6.33. The summed E-state index contributed by atoms with van der Waals surface area (Å²) in [5.41, 5.74) is 11.6. The molecule has 0 aliphatic heterocycles. The van der Waals surface area contributed by atoms with Gasteiger partial charge in [-0.15, -0.1) is 0 Å². The maximum absolute atomic E-state index is 13.7. The Kier molecular flexibility index (Phi) is 8.03. The Hall–Kier alpha value is -3.68. The predicted molar refractivity (Wildman–Crippen MR) is 145 cm³/mol. The molecule has 0 saturated carbocycles. The highest BCUT2D eigenvalue weighted by Crippen LogP contribution is 2.27. The van der Waals surface area contributed by atoms with Gasteiger partial charge in [0.1, 0.15) is 0 Å². The molecule has 1 unspecified atom stereocenters. The molecule has 1 atom stereocenters. The van der Waals surface area contributed by atoms with Crippen molar-refractivity contribution >= 4 is 34.1 Å². The molecule has 0 radical (unpaired) electrons. The van der Waals surface area contributed by atoms with E-state index in [1.165, 1.54) is 4.68 Å². The minimum absolute atomic E-state index is 0.137. The average Bonchev–Trinajstić information content (AvgIpc) is 2.89. The van der Waals surface area contributed by atoms with Crippen molar-refractivity contribution in [1.29, 1.82) is 0 Å². The zero-order chi connectivity index (χ0) is 25.7. The van der Waals surface area contributed by atoms with Gasteiger partial charge in [-0.2, -0.15) is 0 Å². The number of rotatable bonds is 9. The van der Waals surface area contributed by atoms with Crippen molar-refractivity contribution in [2.75, 3.05) is 18.5 Å². The summed E-state index contributed by atoms with van der Waals surface area (Å²) in [5.74, 6) is 0.292. The molecular formula is C28H30ClN5O2. The normalized spacial score (nSPS) is 11.9. The molecule has 3 N–H and O–H groups in total. The number of carbonyl (C=O) groups excluding carboxylic acids is 1. The van der Waals surface area contributed by atoms with E-state index in [9.17, 15) is 9.59 Å². The number of hydrogen-bond acceptors (Lipinski definition) is 5. The minimum Gasteiger partial charge on any atom is -0.330 e. The van der Waals surface area contributed by atoms with E-state index in [-0.39, 0.29) is 11.5 Å². The first kappa shape index (κ1) is 25.4. The summed E-state index contributed by atoms with van der Waals surface area (Å²) in [4.78, 5) is 34.1. The average molecular weight is 504 g/mol. The lowest BCUT2D eigenvalue weighted by Crippen LogP contribution is -2.41. The zero-order valence-electron chi connectivity index (χ0n) is 20.4. The SMILES string of the molecule is CCC(c1nc2cc(Cl)ccc2c(=O)n1Nc1ccccc1)N(CCCN)C(=O)c1ccc(C)cc1. The van der Waals surface area contributed by atoms with Crippen LogP contribution in [0.4, 0.5) is 5.69 Å². The van der Waals surface area contributed by atoms with Crippen molar-refractivity contribution in [1.82, 2.24) is 14.6 Å². The number of carbonyl (C=O) groups is 1. The van der Waals surface area contributed by atoms with Gasteiger partial charge in [0.25, 0.3) is 11.5 Å². The van der Waals surface area contributed by atoms with Crippen molar-refractivity contribution in [2.24, 2.45) is 5.73 Å². The van der Waals surface area contributed by atoms with Crippen LogP contribution in [-0.2, 0) is 0 Å². The van der Waals surface area contributed by atoms with Crippen LogP contribution in [0.15, 0.2) is 77.6 Å². The number of anilines is 1. The first-order valence-electron chi connectivity index (χ1n) is 12.0. The molecule has 4 aromatic rings. The largest absolute Gasteiger partial charge is 0.330 e. The fourth-order valence-corrected chi connectivity index (χ4v) is 4.38. The second kappa shape index (κ2) is 11.4. The zero-order valence-corrected chi connectivity index (χ0v) is 21.2. The van der Waals surface area contributed by atoms with E-state index >= 15 is 0 Å². The topological polar surface area (TPSA) is 93.2 Å². The van der Waals surface area contributed by atoms with Crippen molar-refractivity contribution in [3.05, 3.63) is 105 Å². The van der Waals surface area contributed by atoms with Gasteiger partial charge in [-0.05, 0) is 68.8 Å². The summed E-state index contributed by atoms with van der Waals surface area (Å²) >= 11 is 6.24. The van der Waals surface area contributed by atoms with E-state index in [0.29, 0.717) is 53.2 Å². The molecule has 3 aromatic carbocycles. The number of aromatic nitrogens is 2. The van der Waals surface area contributed by atoms with Gasteiger partial charge in [-0.1, -0.05) is 54.4 Å². The Balaban J connectivity index is 1.89. The molecule has 8 heteroatoms. The van der Waals surface area contributed by atoms with Crippen LogP contribution in [0.3, 0.4) is 0 Å². The quantitative estimate of drug-likeness (QED) is 0.328. The molecule has 0 saturated heterocycles. The molecule has 1 heterocycles. The van der Waals surface area contributed by atoms with Gasteiger partial charge < -0.3 is 10.6 Å². The Morgan fingerprint density at radius 2 is 1.83 bits per heavy atom. The maximum Gasteiger partial charge on any atom is 0.280 e. The minimum atomic E-state index is -0.488. The van der Waals surface area contributed by atoms with Gasteiger partial charge in [0.2, 0.25) is 0 Å². The molecule has 4 rings (SSSR count). The van der Waals surface area contributed by atoms with Crippen molar-refractivity contribution < 1.29 is 4.79 Å². The fraction of sp³-hybridized carbons (Fsp3) is 0.250. The Bertz CT molecular complexity index is 1400. The van der Waals surface area contributed by atoms with Crippen LogP contribution < -0.4 is 16.7 Å². The van der Waals surface area contributed by atoms with E-state index in [1.807, 2.05) is 68.4 Å². The van der Waals surface area contributed by atoms with E-state index in [4.69, 9.17) is 22.3 Å². The third kappa shape index (κ3) is 5.42. The third-order valence-electron chi connectivity index (χ3n) is 6.10. The molecule has 0 bridgehead atoms. The fourth-order valence-electron chi connectivity index (χ4n) is 4.21. The number of hydrogen-bond donors (Lipinski definition) is 2. The molecule has 7 nitrogen and oxygen atoms in total. The Morgan fingerprint density at radius 3 is 2.50 bits per heavy atom. The smallest absolute Gasteiger partial charge is 0.280 e. The van der Waals surface area contributed by atoms with Crippen LogP contribution >= 0.6 is 11.6 Å². The van der Waals surface area contributed by atoms with E-state index in [1.54, 1.807) is 23.1 Å². The van der Waals surface area contributed by atoms with Crippen LogP contribution in [0.5, 0.6) is 0 Å². The summed E-state index contributed by atoms with van der Waals surface area (Å²) < 4.78 is 1.44. The van der Waals surface area contributed by atoms with E-state index in [2.05, 4.69) is 5.43 Å². The molecule has 0 fully saturated rings. The van der Waals surface area contributed by atoms with Crippen LogP contribution in [-0.4, -0.2) is 33.6 Å². The number of nitrogens with zero attached hydrogens (tertiary/aromatic N) is 3. The first-order valence-corrected chi connectivity index (χ1v) is 12.4. The molecule has 1 amide bonds. The molecule has 36 heavy (non-hydrogen) atoms. The number of para-hydroxylation sites is 1. The summed E-state index contributed by atoms with van der Waals surface area (Å²) in [5, 5.41) is 0.915. The highest BCUT2D eigenvalue weighted by atomic mass is 35.5. The summed E-state index contributed by atoms with van der Waals surface area (Å²) in [6.45, 7) is 4.82. The van der Waals surface area contributed by atoms with E-state index < -0.39 is 6.04 Å². The number of nitrogens with one attached hydrogen (secondary N) is 1. The number of benzene rings is 3. The lowest BCUT2D eigenvalue weighted by molar-refractivity contribution is 0.0657. The summed E-state index contributed by atoms with van der Waals surface area (Å²) in [6.07, 6.45) is 1.15. The lowest BCUT2D eigenvalue weighted by Gasteiger charge is -2.32. The molecule has 186 valence electrons. The molecule has 0 aliphatic rings. The second-order valence-electron chi connectivity index (χ2n) is 8.68. The highest BCUT2D eigenvalue weighted by Gasteiger charge is 2.29. The van der Waals surface area contributed by atoms with Crippen LogP contribution in [0, 0.1) is 6.92 Å². The Labute approximate surface area is 215 Å². The lowest BCUT2D eigenvalue weighted by atomic mass is 10.1. The van der Waals surface area contributed by atoms with Gasteiger partial charge in [0.05, 0.1) is 22.6 Å². The molecule has 1 aromatic heterocycles. The number of nitrogens with two attached hydrogens (primary N) is 1.